The third-order valence-electron chi connectivity index (χ3n) is 3.90. The van der Waals surface area contributed by atoms with E-state index >= 15 is 0 Å². The van der Waals surface area contributed by atoms with Crippen LogP contribution in [0.25, 0.3) is 0 Å². The van der Waals surface area contributed by atoms with Gasteiger partial charge in [0.05, 0.1) is 13.0 Å². The number of nitrogens with one attached hydrogen (secondary N) is 1. The second-order valence-electron chi connectivity index (χ2n) is 5.71. The number of amides is 2. The van der Waals surface area contributed by atoms with Crippen molar-refractivity contribution in [1.29, 1.82) is 0 Å². The predicted molar refractivity (Wildman–Crippen MR) is 94.7 cm³/mol. The number of carbonyl (C=O) groups is 2. The third kappa shape index (κ3) is 4.08. The van der Waals surface area contributed by atoms with Gasteiger partial charge < -0.3 is 10.2 Å². The number of benzene rings is 1. The summed E-state index contributed by atoms with van der Waals surface area (Å²) >= 11 is 1.56. The van der Waals surface area contributed by atoms with Gasteiger partial charge >= 0.3 is 0 Å². The summed E-state index contributed by atoms with van der Waals surface area (Å²) in [6.07, 6.45) is 5.33. The molecule has 2 amide bonds. The first-order chi connectivity index (χ1) is 11.7. The van der Waals surface area contributed by atoms with Crippen LogP contribution < -0.4 is 5.32 Å². The van der Waals surface area contributed by atoms with E-state index in [0.717, 1.165) is 23.4 Å². The fourth-order valence-electron chi connectivity index (χ4n) is 2.53. The average Bonchev–Trinajstić information content (AvgIpc) is 3.30. The minimum absolute atomic E-state index is 0.0630. The van der Waals surface area contributed by atoms with Crippen LogP contribution >= 0.6 is 11.3 Å². The van der Waals surface area contributed by atoms with Crippen LogP contribution in [0.4, 0.5) is 5.69 Å². The largest absolute Gasteiger partial charge is 0.333 e. The summed E-state index contributed by atoms with van der Waals surface area (Å²) in [5, 5.41) is 5.63. The molecule has 0 spiro atoms. The molecule has 1 aliphatic rings. The molecule has 5 nitrogen and oxygen atoms in total. The molecular formula is C18H19N3O2S. The van der Waals surface area contributed by atoms with Gasteiger partial charge in [-0.05, 0) is 30.5 Å². The highest BCUT2D eigenvalue weighted by molar-refractivity contribution is 7.09. The van der Waals surface area contributed by atoms with Gasteiger partial charge in [0.25, 0.3) is 0 Å². The summed E-state index contributed by atoms with van der Waals surface area (Å²) < 4.78 is 0. The number of hydrogen-bond acceptors (Lipinski definition) is 4. The molecule has 0 bridgehead atoms. The Morgan fingerprint density at radius 1 is 1.38 bits per heavy atom. The van der Waals surface area contributed by atoms with Crippen LogP contribution in [0.1, 0.15) is 23.4 Å². The Morgan fingerprint density at radius 2 is 2.17 bits per heavy atom. The van der Waals surface area contributed by atoms with Crippen LogP contribution in [0.15, 0.2) is 48.5 Å². The number of aromatic nitrogens is 1. The van der Waals surface area contributed by atoms with Gasteiger partial charge in [-0.1, -0.05) is 24.8 Å². The second-order valence-corrected chi connectivity index (χ2v) is 6.69. The zero-order valence-electron chi connectivity index (χ0n) is 13.3. The van der Waals surface area contributed by atoms with Crippen molar-refractivity contribution in [2.75, 3.05) is 5.32 Å². The zero-order chi connectivity index (χ0) is 16.9. The van der Waals surface area contributed by atoms with E-state index in [1.807, 2.05) is 28.5 Å². The van der Waals surface area contributed by atoms with Crippen LogP contribution in [-0.4, -0.2) is 27.7 Å². The fourth-order valence-corrected chi connectivity index (χ4v) is 3.14. The summed E-state index contributed by atoms with van der Waals surface area (Å²) in [4.78, 5) is 30.5. The molecule has 1 aromatic carbocycles. The maximum atomic E-state index is 12.8. The van der Waals surface area contributed by atoms with E-state index in [1.54, 1.807) is 23.6 Å². The Labute approximate surface area is 145 Å². The highest BCUT2D eigenvalue weighted by Gasteiger charge is 2.33. The lowest BCUT2D eigenvalue weighted by Crippen LogP contribution is -2.34. The van der Waals surface area contributed by atoms with Crippen molar-refractivity contribution in [1.82, 2.24) is 9.88 Å². The van der Waals surface area contributed by atoms with E-state index in [9.17, 15) is 9.59 Å². The minimum atomic E-state index is -0.281. The molecule has 0 atom stereocenters. The molecule has 1 fully saturated rings. The molecule has 6 heteroatoms. The Bertz CT molecular complexity index is 738. The molecule has 0 saturated heterocycles. The normalized spacial score (nSPS) is 13.3. The summed E-state index contributed by atoms with van der Waals surface area (Å²) in [6.45, 7) is 4.01. The molecule has 0 unspecified atom stereocenters. The summed E-state index contributed by atoms with van der Waals surface area (Å²) in [5.74, 6) is -0.218. The highest BCUT2D eigenvalue weighted by atomic mass is 32.1. The number of hydrogen-bond donors (Lipinski definition) is 1. The van der Waals surface area contributed by atoms with Crippen molar-refractivity contribution in [3.8, 4) is 0 Å². The molecule has 124 valence electrons. The number of carbonyl (C=O) groups excluding carboxylic acids is 2. The molecule has 1 aliphatic carbocycles. The molecule has 1 saturated carbocycles. The van der Waals surface area contributed by atoms with Crippen LogP contribution in [0, 0.1) is 0 Å². The number of nitrogens with zero attached hydrogens (tertiary/aromatic N) is 2. The van der Waals surface area contributed by atoms with E-state index in [2.05, 4.69) is 16.9 Å². The van der Waals surface area contributed by atoms with Crippen molar-refractivity contribution in [3.63, 3.8) is 0 Å². The fraction of sp³-hybridized carbons (Fsp3) is 0.278. The number of thiazole rings is 1. The first kappa shape index (κ1) is 16.4. The molecule has 1 heterocycles. The van der Waals surface area contributed by atoms with Gasteiger partial charge in [0.1, 0.15) is 5.01 Å². The van der Waals surface area contributed by atoms with Crippen molar-refractivity contribution < 1.29 is 9.59 Å². The molecule has 0 aliphatic heterocycles. The van der Waals surface area contributed by atoms with Gasteiger partial charge in [-0.3, -0.25) is 9.59 Å². The van der Waals surface area contributed by atoms with E-state index < -0.39 is 0 Å². The SMILES string of the molecule is C=CC(=O)Nc1ccccc1CC(=O)N(Cc1nccs1)C1CC1. The number of anilines is 1. The Morgan fingerprint density at radius 3 is 2.83 bits per heavy atom. The van der Waals surface area contributed by atoms with Gasteiger partial charge in [0, 0.05) is 23.3 Å². The molecule has 1 N–H and O–H groups in total. The van der Waals surface area contributed by atoms with E-state index in [1.165, 1.54) is 6.08 Å². The van der Waals surface area contributed by atoms with Crippen molar-refractivity contribution in [2.45, 2.75) is 31.8 Å². The quantitative estimate of drug-likeness (QED) is 0.788. The topological polar surface area (TPSA) is 62.3 Å². The van der Waals surface area contributed by atoms with Gasteiger partial charge in [-0.25, -0.2) is 4.98 Å². The minimum Gasteiger partial charge on any atom is -0.333 e. The Hall–Kier alpha value is -2.47. The molecule has 3 rings (SSSR count). The van der Waals surface area contributed by atoms with Crippen LogP contribution in [0.5, 0.6) is 0 Å². The lowest BCUT2D eigenvalue weighted by molar-refractivity contribution is -0.131. The van der Waals surface area contributed by atoms with E-state index in [-0.39, 0.29) is 18.2 Å². The average molecular weight is 341 g/mol. The standard InChI is InChI=1S/C18H19N3O2S/c1-2-16(22)20-15-6-4-3-5-13(15)11-18(23)21(14-7-8-14)12-17-19-9-10-24-17/h2-6,9-10,14H,1,7-8,11-12H2,(H,20,22). The summed E-state index contributed by atoms with van der Waals surface area (Å²) in [6, 6.07) is 7.68. The monoisotopic (exact) mass is 341 g/mol. The lowest BCUT2D eigenvalue weighted by atomic mass is 10.1. The van der Waals surface area contributed by atoms with Crippen LogP contribution in [-0.2, 0) is 22.6 Å². The second kappa shape index (κ2) is 7.40. The smallest absolute Gasteiger partial charge is 0.247 e. The predicted octanol–water partition coefficient (Wildman–Crippen LogP) is 3.00. The van der Waals surface area contributed by atoms with Crippen molar-refractivity contribution in [3.05, 3.63) is 59.1 Å². The van der Waals surface area contributed by atoms with Gasteiger partial charge in [0.2, 0.25) is 11.8 Å². The van der Waals surface area contributed by atoms with E-state index in [4.69, 9.17) is 0 Å². The zero-order valence-corrected chi connectivity index (χ0v) is 14.1. The highest BCUT2D eigenvalue weighted by Crippen LogP contribution is 2.30. The Balaban J connectivity index is 1.73. The summed E-state index contributed by atoms with van der Waals surface area (Å²) in [7, 11) is 0. The maximum Gasteiger partial charge on any atom is 0.247 e. The van der Waals surface area contributed by atoms with Crippen molar-refractivity contribution >= 4 is 28.8 Å². The van der Waals surface area contributed by atoms with Crippen molar-refractivity contribution in [2.24, 2.45) is 0 Å². The first-order valence-electron chi connectivity index (χ1n) is 7.86. The summed E-state index contributed by atoms with van der Waals surface area (Å²) in [5.41, 5.74) is 1.46. The van der Waals surface area contributed by atoms with Gasteiger partial charge in [-0.15, -0.1) is 11.3 Å². The maximum absolute atomic E-state index is 12.8. The molecular weight excluding hydrogens is 322 g/mol. The first-order valence-corrected chi connectivity index (χ1v) is 8.74. The molecule has 1 aromatic heterocycles. The third-order valence-corrected chi connectivity index (χ3v) is 4.66. The van der Waals surface area contributed by atoms with Crippen LogP contribution in [0.3, 0.4) is 0 Å². The molecule has 24 heavy (non-hydrogen) atoms. The van der Waals surface area contributed by atoms with E-state index in [0.29, 0.717) is 18.3 Å². The van der Waals surface area contributed by atoms with Gasteiger partial charge in [0.15, 0.2) is 0 Å². The van der Waals surface area contributed by atoms with Gasteiger partial charge in [-0.2, -0.15) is 0 Å². The number of rotatable bonds is 7. The molecule has 0 radical (unpaired) electrons. The lowest BCUT2D eigenvalue weighted by Gasteiger charge is -2.22. The Kier molecular flexibility index (Phi) is 5.05. The van der Waals surface area contributed by atoms with Crippen LogP contribution in [0.2, 0.25) is 0 Å². The number of para-hydroxylation sites is 1. The molecule has 2 aromatic rings.